The maximum atomic E-state index is 9.11. The average molecular weight is 294 g/mol. The normalized spacial score (nSPS) is 11.8. The predicted molar refractivity (Wildman–Crippen MR) is 77.9 cm³/mol. The lowest BCUT2D eigenvalue weighted by atomic mass is 10.1. The van der Waals surface area contributed by atoms with E-state index >= 15 is 0 Å². The van der Waals surface area contributed by atoms with E-state index in [0.717, 1.165) is 17.7 Å². The Hall–Kier alpha value is -0.480. The molecule has 0 aliphatic heterocycles. The van der Waals surface area contributed by atoms with Crippen LogP contribution < -0.4 is 10.1 Å². The molecule has 1 unspecified atom stereocenters. The highest BCUT2D eigenvalue weighted by Gasteiger charge is 2.08. The highest BCUT2D eigenvalue weighted by atomic mass is 35.5. The Balaban J connectivity index is 0.00000289. The second kappa shape index (κ2) is 9.45. The van der Waals surface area contributed by atoms with Crippen molar-refractivity contribution < 1.29 is 9.84 Å². The lowest BCUT2D eigenvalue weighted by molar-refractivity contribution is 0.237. The van der Waals surface area contributed by atoms with E-state index in [1.165, 1.54) is 0 Å². The van der Waals surface area contributed by atoms with Crippen LogP contribution >= 0.6 is 24.0 Å². The summed E-state index contributed by atoms with van der Waals surface area (Å²) in [6.07, 6.45) is 0.890. The number of benzene rings is 1. The molecule has 1 atom stereocenters. The van der Waals surface area contributed by atoms with Crippen molar-refractivity contribution in [3.05, 3.63) is 28.8 Å². The molecular formula is C13H21Cl2NO2. The zero-order valence-corrected chi connectivity index (χ0v) is 12.4. The van der Waals surface area contributed by atoms with Crippen LogP contribution in [0, 0.1) is 0 Å². The third-order valence-corrected chi connectivity index (χ3v) is 2.85. The number of halogens is 2. The lowest BCUT2D eigenvalue weighted by Gasteiger charge is -2.16. The van der Waals surface area contributed by atoms with Gasteiger partial charge in [0.25, 0.3) is 0 Å². The fraction of sp³-hybridized carbons (Fsp3) is 0.538. The highest BCUT2D eigenvalue weighted by Crippen LogP contribution is 2.23. The third kappa shape index (κ3) is 5.44. The van der Waals surface area contributed by atoms with Crippen molar-refractivity contribution in [2.24, 2.45) is 0 Å². The van der Waals surface area contributed by atoms with Crippen LogP contribution in [-0.4, -0.2) is 24.4 Å². The molecule has 3 nitrogen and oxygen atoms in total. The monoisotopic (exact) mass is 293 g/mol. The van der Waals surface area contributed by atoms with Crippen LogP contribution in [0.2, 0.25) is 5.02 Å². The summed E-state index contributed by atoms with van der Waals surface area (Å²) in [5.41, 5.74) is 1.02. The summed E-state index contributed by atoms with van der Waals surface area (Å²) in [4.78, 5) is 0. The SMILES string of the molecule is CCOc1ccc(Cl)cc1CNC(CC)CO.Cl. The van der Waals surface area contributed by atoms with Gasteiger partial charge in [0.2, 0.25) is 0 Å². The number of ether oxygens (including phenoxy) is 1. The largest absolute Gasteiger partial charge is 0.494 e. The van der Waals surface area contributed by atoms with Gasteiger partial charge in [0, 0.05) is 23.2 Å². The van der Waals surface area contributed by atoms with Gasteiger partial charge in [-0.1, -0.05) is 18.5 Å². The zero-order valence-electron chi connectivity index (χ0n) is 10.8. The van der Waals surface area contributed by atoms with Crippen molar-refractivity contribution in [3.63, 3.8) is 0 Å². The first-order valence-corrected chi connectivity index (χ1v) is 6.34. The first-order valence-electron chi connectivity index (χ1n) is 5.96. The van der Waals surface area contributed by atoms with E-state index in [2.05, 4.69) is 5.32 Å². The highest BCUT2D eigenvalue weighted by molar-refractivity contribution is 6.30. The molecule has 0 bridgehead atoms. The number of hydrogen-bond acceptors (Lipinski definition) is 3. The summed E-state index contributed by atoms with van der Waals surface area (Å²) < 4.78 is 5.53. The molecule has 18 heavy (non-hydrogen) atoms. The number of aliphatic hydroxyl groups is 1. The van der Waals surface area contributed by atoms with Gasteiger partial charge in [-0.2, -0.15) is 0 Å². The van der Waals surface area contributed by atoms with E-state index in [1.54, 1.807) is 0 Å². The number of rotatable bonds is 7. The summed E-state index contributed by atoms with van der Waals surface area (Å²) in [7, 11) is 0. The van der Waals surface area contributed by atoms with Crippen LogP contribution in [0.15, 0.2) is 18.2 Å². The van der Waals surface area contributed by atoms with Crippen LogP contribution in [0.4, 0.5) is 0 Å². The smallest absolute Gasteiger partial charge is 0.123 e. The quantitative estimate of drug-likeness (QED) is 0.812. The Morgan fingerprint density at radius 3 is 2.67 bits per heavy atom. The van der Waals surface area contributed by atoms with Gasteiger partial charge in [-0.25, -0.2) is 0 Å². The van der Waals surface area contributed by atoms with E-state index in [4.69, 9.17) is 21.4 Å². The Kier molecular flexibility index (Phi) is 9.20. The van der Waals surface area contributed by atoms with Gasteiger partial charge in [-0.3, -0.25) is 0 Å². The van der Waals surface area contributed by atoms with E-state index in [0.29, 0.717) is 18.2 Å². The van der Waals surface area contributed by atoms with Gasteiger partial charge < -0.3 is 15.2 Å². The first-order chi connectivity index (χ1) is 8.21. The molecule has 1 aromatic carbocycles. The Labute approximate surface area is 120 Å². The van der Waals surface area contributed by atoms with Crippen molar-refractivity contribution in [3.8, 4) is 5.75 Å². The zero-order chi connectivity index (χ0) is 12.7. The van der Waals surface area contributed by atoms with Crippen molar-refractivity contribution in [1.29, 1.82) is 0 Å². The standard InChI is InChI=1S/C13H20ClNO2.ClH/c1-3-12(9-16)15-8-10-7-11(14)5-6-13(10)17-4-2;/h5-7,12,15-16H,3-4,8-9H2,1-2H3;1H. The number of aliphatic hydroxyl groups excluding tert-OH is 1. The van der Waals surface area contributed by atoms with Crippen LogP contribution in [-0.2, 0) is 6.54 Å². The number of nitrogens with one attached hydrogen (secondary N) is 1. The van der Waals surface area contributed by atoms with Crippen LogP contribution in [0.5, 0.6) is 5.75 Å². The molecular weight excluding hydrogens is 273 g/mol. The third-order valence-electron chi connectivity index (χ3n) is 2.62. The molecule has 0 aliphatic carbocycles. The lowest BCUT2D eigenvalue weighted by Crippen LogP contribution is -2.31. The minimum atomic E-state index is 0. The topological polar surface area (TPSA) is 41.5 Å². The van der Waals surface area contributed by atoms with E-state index in [1.807, 2.05) is 32.0 Å². The van der Waals surface area contributed by atoms with Gasteiger partial charge in [0.15, 0.2) is 0 Å². The summed E-state index contributed by atoms with van der Waals surface area (Å²) in [6, 6.07) is 5.70. The maximum Gasteiger partial charge on any atom is 0.123 e. The molecule has 1 rings (SSSR count). The fourth-order valence-electron chi connectivity index (χ4n) is 1.57. The van der Waals surface area contributed by atoms with Gasteiger partial charge >= 0.3 is 0 Å². The molecule has 0 saturated carbocycles. The molecule has 5 heteroatoms. The van der Waals surface area contributed by atoms with Gasteiger partial charge in [-0.15, -0.1) is 12.4 Å². The van der Waals surface area contributed by atoms with Crippen molar-refractivity contribution in [1.82, 2.24) is 5.32 Å². The molecule has 2 N–H and O–H groups in total. The van der Waals surface area contributed by atoms with Crippen LogP contribution in [0.1, 0.15) is 25.8 Å². The Morgan fingerprint density at radius 1 is 1.39 bits per heavy atom. The molecule has 0 amide bonds. The van der Waals surface area contributed by atoms with Gasteiger partial charge in [-0.05, 0) is 31.5 Å². The second-order valence-corrected chi connectivity index (χ2v) is 4.29. The van der Waals surface area contributed by atoms with Crippen LogP contribution in [0.25, 0.3) is 0 Å². The summed E-state index contributed by atoms with van der Waals surface area (Å²) >= 11 is 5.97. The molecule has 0 radical (unpaired) electrons. The molecule has 1 aromatic rings. The number of hydrogen-bond donors (Lipinski definition) is 2. The summed E-state index contributed by atoms with van der Waals surface area (Å²) in [6.45, 7) is 5.41. The van der Waals surface area contributed by atoms with Crippen molar-refractivity contribution in [2.75, 3.05) is 13.2 Å². The Bertz CT molecular complexity index is 344. The average Bonchev–Trinajstić information content (AvgIpc) is 2.34. The van der Waals surface area contributed by atoms with E-state index < -0.39 is 0 Å². The predicted octanol–water partition coefficient (Wildman–Crippen LogP) is 3.02. The first kappa shape index (κ1) is 17.5. The molecule has 0 aliphatic rings. The van der Waals surface area contributed by atoms with E-state index in [-0.39, 0.29) is 25.1 Å². The molecule has 0 saturated heterocycles. The van der Waals surface area contributed by atoms with Gasteiger partial charge in [0.1, 0.15) is 5.75 Å². The molecule has 0 aromatic heterocycles. The summed E-state index contributed by atoms with van der Waals surface area (Å²) in [5.74, 6) is 0.845. The molecule has 104 valence electrons. The molecule has 0 heterocycles. The van der Waals surface area contributed by atoms with Crippen LogP contribution in [0.3, 0.4) is 0 Å². The second-order valence-electron chi connectivity index (χ2n) is 3.85. The minimum absolute atomic E-state index is 0. The molecule has 0 fully saturated rings. The summed E-state index contributed by atoms with van der Waals surface area (Å²) in [5, 5.41) is 13.1. The Morgan fingerprint density at radius 2 is 2.11 bits per heavy atom. The maximum absolute atomic E-state index is 9.11. The van der Waals surface area contributed by atoms with E-state index in [9.17, 15) is 0 Å². The van der Waals surface area contributed by atoms with Crippen molar-refractivity contribution >= 4 is 24.0 Å². The molecule has 0 spiro atoms. The minimum Gasteiger partial charge on any atom is -0.494 e. The van der Waals surface area contributed by atoms with Gasteiger partial charge in [0.05, 0.1) is 13.2 Å². The fourth-order valence-corrected chi connectivity index (χ4v) is 1.77. The van der Waals surface area contributed by atoms with Crippen molar-refractivity contribution in [2.45, 2.75) is 32.9 Å².